The molecule has 0 aliphatic heterocycles. The highest BCUT2D eigenvalue weighted by molar-refractivity contribution is 5.98. The molecular formula is C28H27F3N2O3. The molecule has 0 aliphatic carbocycles. The number of alkyl halides is 3. The molecular weight excluding hydrogens is 469 g/mol. The Hall–Kier alpha value is -3.78. The number of hydrogen-bond donors (Lipinski definition) is 3. The predicted octanol–water partition coefficient (Wildman–Crippen LogP) is 5.98. The second kappa shape index (κ2) is 10.9. The van der Waals surface area contributed by atoms with Crippen molar-refractivity contribution in [3.8, 4) is 16.9 Å². The molecule has 0 fully saturated rings. The number of fused-ring (bicyclic) bond motifs is 1. The SMILES string of the molecule is CCCOc1ccc(-c2ccc(C(F)(F)F)cc2)cc1C(=O)N[C@@H](CO)Cc1c[nH]c2ccccc12. The van der Waals surface area contributed by atoms with Crippen molar-refractivity contribution in [3.63, 3.8) is 0 Å². The third kappa shape index (κ3) is 5.71. The molecule has 0 bridgehead atoms. The first-order chi connectivity index (χ1) is 17.3. The minimum absolute atomic E-state index is 0.248. The second-order valence-electron chi connectivity index (χ2n) is 8.55. The second-order valence-corrected chi connectivity index (χ2v) is 8.55. The number of ether oxygens (including phenoxy) is 1. The first-order valence-corrected chi connectivity index (χ1v) is 11.7. The van der Waals surface area contributed by atoms with Crippen LogP contribution in [0.15, 0.2) is 72.9 Å². The molecule has 0 unspecified atom stereocenters. The normalized spacial score (nSPS) is 12.5. The highest BCUT2D eigenvalue weighted by Gasteiger charge is 2.30. The Morgan fingerprint density at radius 3 is 2.47 bits per heavy atom. The van der Waals surface area contributed by atoms with Gasteiger partial charge in [-0.2, -0.15) is 13.2 Å². The van der Waals surface area contributed by atoms with E-state index >= 15 is 0 Å². The number of aromatic amines is 1. The molecule has 3 N–H and O–H groups in total. The average Bonchev–Trinajstić information content (AvgIpc) is 3.29. The van der Waals surface area contributed by atoms with Gasteiger partial charge in [0.1, 0.15) is 5.75 Å². The number of benzene rings is 3. The molecule has 1 amide bonds. The summed E-state index contributed by atoms with van der Waals surface area (Å²) < 4.78 is 44.6. The number of hydrogen-bond acceptors (Lipinski definition) is 3. The fourth-order valence-electron chi connectivity index (χ4n) is 4.07. The molecule has 36 heavy (non-hydrogen) atoms. The zero-order valence-electron chi connectivity index (χ0n) is 19.7. The van der Waals surface area contributed by atoms with Gasteiger partial charge < -0.3 is 20.1 Å². The van der Waals surface area contributed by atoms with E-state index in [0.29, 0.717) is 29.9 Å². The van der Waals surface area contributed by atoms with E-state index < -0.39 is 23.7 Å². The highest BCUT2D eigenvalue weighted by Crippen LogP contribution is 2.32. The summed E-state index contributed by atoms with van der Waals surface area (Å²) in [6.45, 7) is 2.08. The Bertz CT molecular complexity index is 1330. The van der Waals surface area contributed by atoms with Crippen LogP contribution in [-0.2, 0) is 12.6 Å². The predicted molar refractivity (Wildman–Crippen MR) is 133 cm³/mol. The Morgan fingerprint density at radius 2 is 1.78 bits per heavy atom. The summed E-state index contributed by atoms with van der Waals surface area (Å²) >= 11 is 0. The number of nitrogens with one attached hydrogen (secondary N) is 2. The Kier molecular flexibility index (Phi) is 7.64. The molecule has 0 aliphatic rings. The van der Waals surface area contributed by atoms with E-state index in [2.05, 4.69) is 10.3 Å². The molecule has 1 heterocycles. The summed E-state index contributed by atoms with van der Waals surface area (Å²) in [5.41, 5.74) is 2.56. The van der Waals surface area contributed by atoms with Gasteiger partial charge in [-0.25, -0.2) is 0 Å². The zero-order chi connectivity index (χ0) is 25.7. The van der Waals surface area contributed by atoms with Gasteiger partial charge in [0, 0.05) is 17.1 Å². The lowest BCUT2D eigenvalue weighted by molar-refractivity contribution is -0.137. The van der Waals surface area contributed by atoms with Crippen molar-refractivity contribution in [1.82, 2.24) is 10.3 Å². The quantitative estimate of drug-likeness (QED) is 0.267. The van der Waals surface area contributed by atoms with Crippen molar-refractivity contribution in [1.29, 1.82) is 0 Å². The van der Waals surface area contributed by atoms with Crippen molar-refractivity contribution in [2.45, 2.75) is 32.0 Å². The first-order valence-electron chi connectivity index (χ1n) is 11.7. The monoisotopic (exact) mass is 496 g/mol. The number of aliphatic hydroxyl groups excluding tert-OH is 1. The van der Waals surface area contributed by atoms with Gasteiger partial charge in [-0.15, -0.1) is 0 Å². The van der Waals surface area contributed by atoms with Crippen molar-refractivity contribution in [2.75, 3.05) is 13.2 Å². The van der Waals surface area contributed by atoms with Gasteiger partial charge in [0.15, 0.2) is 0 Å². The molecule has 188 valence electrons. The highest BCUT2D eigenvalue weighted by atomic mass is 19.4. The van der Waals surface area contributed by atoms with Crippen LogP contribution in [0.3, 0.4) is 0 Å². The Balaban J connectivity index is 1.59. The van der Waals surface area contributed by atoms with Crippen LogP contribution in [0.2, 0.25) is 0 Å². The number of para-hydroxylation sites is 1. The van der Waals surface area contributed by atoms with Crippen molar-refractivity contribution in [3.05, 3.63) is 89.6 Å². The van der Waals surface area contributed by atoms with Gasteiger partial charge in [-0.3, -0.25) is 4.79 Å². The lowest BCUT2D eigenvalue weighted by Crippen LogP contribution is -2.39. The molecule has 0 radical (unpaired) electrons. The van der Waals surface area contributed by atoms with Gasteiger partial charge in [0.2, 0.25) is 0 Å². The van der Waals surface area contributed by atoms with Gasteiger partial charge in [-0.05, 0) is 59.9 Å². The van der Waals surface area contributed by atoms with E-state index in [4.69, 9.17) is 4.74 Å². The average molecular weight is 497 g/mol. The fourth-order valence-corrected chi connectivity index (χ4v) is 4.07. The van der Waals surface area contributed by atoms with E-state index in [0.717, 1.165) is 35.0 Å². The Labute approximate surface area is 206 Å². The summed E-state index contributed by atoms with van der Waals surface area (Å²) in [5.74, 6) is -0.0671. The topological polar surface area (TPSA) is 74.3 Å². The third-order valence-corrected chi connectivity index (χ3v) is 5.93. The lowest BCUT2D eigenvalue weighted by Gasteiger charge is -2.18. The number of amides is 1. The van der Waals surface area contributed by atoms with Crippen molar-refractivity contribution in [2.24, 2.45) is 0 Å². The largest absolute Gasteiger partial charge is 0.493 e. The summed E-state index contributed by atoms with van der Waals surface area (Å²) in [6, 6.07) is 17.0. The number of H-pyrrole nitrogens is 1. The Morgan fingerprint density at radius 1 is 1.06 bits per heavy atom. The molecule has 4 rings (SSSR count). The summed E-state index contributed by atoms with van der Waals surface area (Å²) in [4.78, 5) is 16.5. The number of halogens is 3. The van der Waals surface area contributed by atoms with Crippen LogP contribution in [-0.4, -0.2) is 35.3 Å². The molecule has 0 saturated carbocycles. The zero-order valence-corrected chi connectivity index (χ0v) is 19.7. The van der Waals surface area contributed by atoms with Crippen LogP contribution < -0.4 is 10.1 Å². The van der Waals surface area contributed by atoms with Crippen LogP contribution in [0.1, 0.15) is 34.8 Å². The minimum atomic E-state index is -4.43. The standard InChI is InChI=1S/C28H27F3N2O3/c1-2-13-36-26-12-9-19(18-7-10-21(11-8-18)28(29,30)31)15-24(26)27(35)33-22(17-34)14-20-16-32-25-6-4-3-5-23(20)25/h3-12,15-16,22,32,34H,2,13-14,17H2,1H3,(H,33,35)/t22-/m1/s1. The number of carbonyl (C=O) groups is 1. The lowest BCUT2D eigenvalue weighted by atomic mass is 10.00. The van der Waals surface area contributed by atoms with Crippen LogP contribution in [0.25, 0.3) is 22.0 Å². The number of aliphatic hydroxyl groups is 1. The molecule has 3 aromatic carbocycles. The number of rotatable bonds is 9. The summed E-state index contributed by atoms with van der Waals surface area (Å²) in [7, 11) is 0. The van der Waals surface area contributed by atoms with Gasteiger partial charge >= 0.3 is 6.18 Å². The van der Waals surface area contributed by atoms with Gasteiger partial charge in [-0.1, -0.05) is 43.3 Å². The summed E-state index contributed by atoms with van der Waals surface area (Å²) in [6.07, 6.45) is -1.41. The minimum Gasteiger partial charge on any atom is -0.493 e. The van der Waals surface area contributed by atoms with Crippen LogP contribution in [0.4, 0.5) is 13.2 Å². The molecule has 8 heteroatoms. The summed E-state index contributed by atoms with van der Waals surface area (Å²) in [5, 5.41) is 13.9. The van der Waals surface area contributed by atoms with Crippen LogP contribution in [0, 0.1) is 0 Å². The maximum atomic E-state index is 13.3. The van der Waals surface area contributed by atoms with Gasteiger partial charge in [0.05, 0.1) is 30.4 Å². The molecule has 4 aromatic rings. The molecule has 0 spiro atoms. The maximum Gasteiger partial charge on any atom is 0.416 e. The van der Waals surface area contributed by atoms with E-state index in [9.17, 15) is 23.1 Å². The third-order valence-electron chi connectivity index (χ3n) is 5.93. The number of aromatic nitrogens is 1. The molecule has 5 nitrogen and oxygen atoms in total. The number of carbonyl (C=O) groups excluding carboxylic acids is 1. The smallest absolute Gasteiger partial charge is 0.416 e. The molecule has 0 saturated heterocycles. The molecule has 1 aromatic heterocycles. The van der Waals surface area contributed by atoms with Gasteiger partial charge in [0.25, 0.3) is 5.91 Å². The van der Waals surface area contributed by atoms with Crippen LogP contribution in [0.5, 0.6) is 5.75 Å². The van der Waals surface area contributed by atoms with E-state index in [1.54, 1.807) is 18.2 Å². The van der Waals surface area contributed by atoms with E-state index in [1.807, 2.05) is 37.4 Å². The first kappa shape index (κ1) is 25.3. The van der Waals surface area contributed by atoms with E-state index in [-0.39, 0.29) is 12.2 Å². The fraction of sp³-hybridized carbons (Fsp3) is 0.250. The van der Waals surface area contributed by atoms with Crippen molar-refractivity contribution >= 4 is 16.8 Å². The van der Waals surface area contributed by atoms with E-state index in [1.165, 1.54) is 12.1 Å². The van der Waals surface area contributed by atoms with Crippen LogP contribution >= 0.6 is 0 Å². The maximum absolute atomic E-state index is 13.3. The molecule has 1 atom stereocenters. The van der Waals surface area contributed by atoms with Crippen molar-refractivity contribution < 1.29 is 27.8 Å².